The smallest absolute Gasteiger partial charge is 0.264 e. The van der Waals surface area contributed by atoms with E-state index in [2.05, 4.69) is 5.32 Å². The van der Waals surface area contributed by atoms with E-state index in [0.29, 0.717) is 10.7 Å². The molecule has 0 spiro atoms. The van der Waals surface area contributed by atoms with E-state index in [0.717, 1.165) is 15.4 Å². The van der Waals surface area contributed by atoms with Crippen molar-refractivity contribution in [1.82, 2.24) is 10.2 Å². The van der Waals surface area contributed by atoms with Crippen LogP contribution in [0.2, 0.25) is 5.02 Å². The third-order valence-electron chi connectivity index (χ3n) is 5.83. The lowest BCUT2D eigenvalue weighted by Crippen LogP contribution is -2.54. The first-order valence-electron chi connectivity index (χ1n) is 12.3. The molecule has 7 nitrogen and oxygen atoms in total. The molecule has 3 rings (SSSR count). The zero-order chi connectivity index (χ0) is 28.1. The SMILES string of the molecule is Cc1cccc(CN(C(=O)CN(c2ccccc2)S(=O)(=O)c2ccc(Cl)cc2)[C@@H](C)C(=O)NC(C)(C)C)c1. The van der Waals surface area contributed by atoms with Crippen molar-refractivity contribution >= 4 is 39.1 Å². The average Bonchev–Trinajstić information content (AvgIpc) is 2.85. The van der Waals surface area contributed by atoms with Gasteiger partial charge in [0.25, 0.3) is 10.0 Å². The van der Waals surface area contributed by atoms with Crippen LogP contribution in [0, 0.1) is 6.92 Å². The molecule has 2 amide bonds. The minimum absolute atomic E-state index is 0.00214. The standard InChI is InChI=1S/C29H34ClN3O4S/c1-21-10-9-11-23(18-21)19-32(22(2)28(35)31-29(3,4)5)27(34)20-33(25-12-7-6-8-13-25)38(36,37)26-16-14-24(30)15-17-26/h6-18,22H,19-20H2,1-5H3,(H,31,35)/t22-/m0/s1. The lowest BCUT2D eigenvalue weighted by atomic mass is 10.1. The summed E-state index contributed by atoms with van der Waals surface area (Å²) in [7, 11) is -4.13. The van der Waals surface area contributed by atoms with Crippen LogP contribution in [-0.4, -0.2) is 43.3 Å². The fourth-order valence-electron chi connectivity index (χ4n) is 3.92. The first-order chi connectivity index (χ1) is 17.8. The number of hydrogen-bond donors (Lipinski definition) is 1. The van der Waals surface area contributed by atoms with Crippen molar-refractivity contribution in [2.24, 2.45) is 0 Å². The van der Waals surface area contributed by atoms with E-state index >= 15 is 0 Å². The summed E-state index contributed by atoms with van der Waals surface area (Å²) in [4.78, 5) is 28.4. The zero-order valence-electron chi connectivity index (χ0n) is 22.3. The molecular weight excluding hydrogens is 522 g/mol. The number of para-hydroxylation sites is 1. The number of carbonyl (C=O) groups is 2. The van der Waals surface area contributed by atoms with Crippen LogP contribution >= 0.6 is 11.6 Å². The molecule has 0 saturated heterocycles. The summed E-state index contributed by atoms with van der Waals surface area (Å²) in [5.74, 6) is -0.838. The molecule has 0 aliphatic rings. The van der Waals surface area contributed by atoms with Crippen molar-refractivity contribution in [2.75, 3.05) is 10.8 Å². The number of rotatable bonds is 9. The Morgan fingerprint density at radius 2 is 1.58 bits per heavy atom. The fourth-order valence-corrected chi connectivity index (χ4v) is 5.46. The molecule has 1 N–H and O–H groups in total. The van der Waals surface area contributed by atoms with E-state index in [4.69, 9.17) is 11.6 Å². The van der Waals surface area contributed by atoms with Crippen LogP contribution in [0.1, 0.15) is 38.8 Å². The fraction of sp³-hybridized carbons (Fsp3) is 0.310. The van der Waals surface area contributed by atoms with Crippen molar-refractivity contribution < 1.29 is 18.0 Å². The topological polar surface area (TPSA) is 86.8 Å². The predicted octanol–water partition coefficient (Wildman–Crippen LogP) is 5.18. The van der Waals surface area contributed by atoms with E-state index < -0.39 is 34.1 Å². The molecule has 202 valence electrons. The predicted molar refractivity (Wildman–Crippen MR) is 152 cm³/mol. The summed E-state index contributed by atoms with van der Waals surface area (Å²) < 4.78 is 28.5. The van der Waals surface area contributed by atoms with Gasteiger partial charge in [0.2, 0.25) is 11.8 Å². The number of sulfonamides is 1. The Morgan fingerprint density at radius 3 is 2.16 bits per heavy atom. The maximum absolute atomic E-state index is 13.9. The van der Waals surface area contributed by atoms with Gasteiger partial charge in [-0.15, -0.1) is 0 Å². The highest BCUT2D eigenvalue weighted by atomic mass is 35.5. The maximum Gasteiger partial charge on any atom is 0.264 e. The quantitative estimate of drug-likeness (QED) is 0.394. The number of aryl methyl sites for hydroxylation is 1. The molecule has 0 radical (unpaired) electrons. The van der Waals surface area contributed by atoms with Crippen LogP contribution in [0.5, 0.6) is 0 Å². The van der Waals surface area contributed by atoms with Gasteiger partial charge < -0.3 is 10.2 Å². The molecule has 38 heavy (non-hydrogen) atoms. The molecule has 0 aliphatic heterocycles. The van der Waals surface area contributed by atoms with Crippen LogP contribution in [0.15, 0.2) is 83.8 Å². The number of nitrogens with one attached hydrogen (secondary N) is 1. The van der Waals surface area contributed by atoms with Gasteiger partial charge >= 0.3 is 0 Å². The van der Waals surface area contributed by atoms with Crippen molar-refractivity contribution in [2.45, 2.75) is 57.6 Å². The Labute approximate surface area is 230 Å². The number of benzene rings is 3. The van der Waals surface area contributed by atoms with Crippen molar-refractivity contribution in [3.05, 3.63) is 95.0 Å². The lowest BCUT2D eigenvalue weighted by Gasteiger charge is -2.33. The number of anilines is 1. The third-order valence-corrected chi connectivity index (χ3v) is 7.87. The molecule has 0 fully saturated rings. The van der Waals surface area contributed by atoms with E-state index in [9.17, 15) is 18.0 Å². The second kappa shape index (κ2) is 12.0. The second-order valence-corrected chi connectivity index (χ2v) is 12.5. The third kappa shape index (κ3) is 7.58. The minimum atomic E-state index is -4.13. The van der Waals surface area contributed by atoms with Crippen molar-refractivity contribution in [1.29, 1.82) is 0 Å². The Kier molecular flexibility index (Phi) is 9.22. The monoisotopic (exact) mass is 555 g/mol. The Hall–Kier alpha value is -3.36. The number of halogens is 1. The van der Waals surface area contributed by atoms with Gasteiger partial charge in [-0.2, -0.15) is 0 Å². The van der Waals surface area contributed by atoms with Gasteiger partial charge in [-0.25, -0.2) is 8.42 Å². The minimum Gasteiger partial charge on any atom is -0.350 e. The first-order valence-corrected chi connectivity index (χ1v) is 14.1. The van der Waals surface area contributed by atoms with Crippen LogP contribution < -0.4 is 9.62 Å². The summed E-state index contributed by atoms with van der Waals surface area (Å²) in [6.45, 7) is 8.83. The molecule has 3 aromatic rings. The normalized spacial score (nSPS) is 12.5. The first kappa shape index (κ1) is 29.2. The molecule has 9 heteroatoms. The second-order valence-electron chi connectivity index (χ2n) is 10.2. The van der Waals surface area contributed by atoms with Gasteiger partial charge in [0.15, 0.2) is 0 Å². The molecule has 1 atom stereocenters. The molecule has 3 aromatic carbocycles. The Bertz CT molecular complexity index is 1370. The van der Waals surface area contributed by atoms with Crippen LogP contribution in [0.4, 0.5) is 5.69 Å². The van der Waals surface area contributed by atoms with Gasteiger partial charge in [0.05, 0.1) is 10.6 Å². The number of nitrogens with zero attached hydrogens (tertiary/aromatic N) is 2. The summed E-state index contributed by atoms with van der Waals surface area (Å²) in [5.41, 5.74) is 1.67. The van der Waals surface area contributed by atoms with Gasteiger partial charge in [-0.05, 0) is 76.6 Å². The Morgan fingerprint density at radius 1 is 0.947 bits per heavy atom. The van der Waals surface area contributed by atoms with Gasteiger partial charge in [-0.3, -0.25) is 13.9 Å². The summed E-state index contributed by atoms with van der Waals surface area (Å²) >= 11 is 5.98. The molecular formula is C29H34ClN3O4S. The number of amides is 2. The molecule has 0 aromatic heterocycles. The molecule has 0 bridgehead atoms. The summed E-state index contributed by atoms with van der Waals surface area (Å²) in [6.07, 6.45) is 0. The van der Waals surface area contributed by atoms with Crippen molar-refractivity contribution in [3.8, 4) is 0 Å². The summed E-state index contributed by atoms with van der Waals surface area (Å²) in [6, 6.07) is 21.0. The largest absolute Gasteiger partial charge is 0.350 e. The highest BCUT2D eigenvalue weighted by Crippen LogP contribution is 2.25. The number of hydrogen-bond acceptors (Lipinski definition) is 4. The van der Waals surface area contributed by atoms with E-state index in [1.54, 1.807) is 37.3 Å². The van der Waals surface area contributed by atoms with Crippen LogP contribution in [-0.2, 0) is 26.2 Å². The molecule has 0 saturated carbocycles. The molecule has 0 heterocycles. The average molecular weight is 556 g/mol. The van der Waals surface area contributed by atoms with Crippen LogP contribution in [0.3, 0.4) is 0 Å². The zero-order valence-corrected chi connectivity index (χ0v) is 23.9. The highest BCUT2D eigenvalue weighted by Gasteiger charge is 2.33. The van der Waals surface area contributed by atoms with Gasteiger partial charge in [0, 0.05) is 17.1 Å². The van der Waals surface area contributed by atoms with Gasteiger partial charge in [0.1, 0.15) is 12.6 Å². The maximum atomic E-state index is 13.9. The van der Waals surface area contributed by atoms with Crippen molar-refractivity contribution in [3.63, 3.8) is 0 Å². The van der Waals surface area contributed by atoms with E-state index in [1.165, 1.54) is 29.2 Å². The van der Waals surface area contributed by atoms with Crippen LogP contribution in [0.25, 0.3) is 0 Å². The highest BCUT2D eigenvalue weighted by molar-refractivity contribution is 7.92. The van der Waals surface area contributed by atoms with E-state index in [-0.39, 0.29) is 17.3 Å². The van der Waals surface area contributed by atoms with E-state index in [1.807, 2.05) is 52.0 Å². The lowest BCUT2D eigenvalue weighted by molar-refractivity contribution is -0.140. The Balaban J connectivity index is 2.01. The number of carbonyl (C=O) groups excluding carboxylic acids is 2. The summed E-state index contributed by atoms with van der Waals surface area (Å²) in [5, 5.41) is 3.32. The molecule has 0 unspecified atom stereocenters. The van der Waals surface area contributed by atoms with Gasteiger partial charge in [-0.1, -0.05) is 59.6 Å². The molecule has 0 aliphatic carbocycles.